The van der Waals surface area contributed by atoms with Gasteiger partial charge in [-0.05, 0) is 50.5 Å². The highest BCUT2D eigenvalue weighted by atomic mass is 16.2. The first kappa shape index (κ1) is 14.4. The molecule has 2 aliphatic heterocycles. The number of piperidine rings is 1. The van der Waals surface area contributed by atoms with E-state index in [4.69, 9.17) is 0 Å². The van der Waals surface area contributed by atoms with E-state index in [1.54, 1.807) is 0 Å². The quantitative estimate of drug-likeness (QED) is 0.842. The van der Waals surface area contributed by atoms with Crippen LogP contribution in [0.15, 0.2) is 0 Å². The van der Waals surface area contributed by atoms with Crippen LogP contribution in [0.3, 0.4) is 0 Å². The van der Waals surface area contributed by atoms with Crippen LogP contribution in [0.25, 0.3) is 0 Å². The second-order valence-corrected chi connectivity index (χ2v) is 7.41. The number of carbonyl (C=O) groups excluding carboxylic acids is 1. The summed E-state index contributed by atoms with van der Waals surface area (Å²) in [7, 11) is 0. The van der Waals surface area contributed by atoms with Crippen molar-refractivity contribution in [1.82, 2.24) is 10.2 Å². The van der Waals surface area contributed by atoms with Gasteiger partial charge in [0.15, 0.2) is 0 Å². The van der Waals surface area contributed by atoms with Crippen molar-refractivity contribution in [3.05, 3.63) is 0 Å². The monoisotopic (exact) mass is 278 g/mol. The molecule has 2 heterocycles. The first-order chi connectivity index (χ1) is 9.70. The summed E-state index contributed by atoms with van der Waals surface area (Å²) < 4.78 is 0. The van der Waals surface area contributed by atoms with E-state index in [0.29, 0.717) is 11.3 Å². The van der Waals surface area contributed by atoms with Crippen molar-refractivity contribution < 1.29 is 4.79 Å². The fourth-order valence-electron chi connectivity index (χ4n) is 4.70. The molecule has 3 aliphatic rings. The van der Waals surface area contributed by atoms with Gasteiger partial charge in [0.2, 0.25) is 5.91 Å². The maximum Gasteiger partial charge on any atom is 0.230 e. The third-order valence-corrected chi connectivity index (χ3v) is 6.40. The molecule has 20 heavy (non-hydrogen) atoms. The maximum absolute atomic E-state index is 12.9. The van der Waals surface area contributed by atoms with Crippen LogP contribution in [0.4, 0.5) is 0 Å². The zero-order valence-corrected chi connectivity index (χ0v) is 13.0. The van der Waals surface area contributed by atoms with Crippen molar-refractivity contribution in [2.45, 2.75) is 64.7 Å². The molecule has 1 unspecified atom stereocenters. The van der Waals surface area contributed by atoms with Gasteiger partial charge >= 0.3 is 0 Å². The lowest BCUT2D eigenvalue weighted by atomic mass is 9.68. The van der Waals surface area contributed by atoms with Crippen molar-refractivity contribution in [1.29, 1.82) is 0 Å². The zero-order valence-electron chi connectivity index (χ0n) is 13.0. The van der Waals surface area contributed by atoms with Gasteiger partial charge in [0.1, 0.15) is 0 Å². The van der Waals surface area contributed by atoms with Gasteiger partial charge in [0.05, 0.1) is 5.41 Å². The number of rotatable bonds is 2. The lowest BCUT2D eigenvalue weighted by Crippen LogP contribution is -2.50. The Balaban J connectivity index is 1.61. The minimum Gasteiger partial charge on any atom is -0.342 e. The van der Waals surface area contributed by atoms with E-state index in [1.807, 2.05) is 0 Å². The molecule has 0 aromatic rings. The van der Waals surface area contributed by atoms with Crippen LogP contribution in [0, 0.1) is 10.8 Å². The molecule has 1 N–H and O–H groups in total. The number of amides is 1. The van der Waals surface area contributed by atoms with E-state index < -0.39 is 0 Å². The number of hydrogen-bond acceptors (Lipinski definition) is 2. The lowest BCUT2D eigenvalue weighted by Gasteiger charge is -2.46. The Morgan fingerprint density at radius 2 is 1.75 bits per heavy atom. The lowest BCUT2D eigenvalue weighted by molar-refractivity contribution is -0.144. The second-order valence-electron chi connectivity index (χ2n) is 7.41. The summed E-state index contributed by atoms with van der Waals surface area (Å²) in [6, 6.07) is 0. The van der Waals surface area contributed by atoms with Crippen LogP contribution >= 0.6 is 0 Å². The molecule has 0 aromatic heterocycles. The maximum atomic E-state index is 12.9. The van der Waals surface area contributed by atoms with E-state index in [0.717, 1.165) is 39.0 Å². The van der Waals surface area contributed by atoms with Gasteiger partial charge in [0, 0.05) is 19.6 Å². The van der Waals surface area contributed by atoms with Crippen LogP contribution in [-0.4, -0.2) is 37.0 Å². The summed E-state index contributed by atoms with van der Waals surface area (Å²) in [5, 5.41) is 3.39. The van der Waals surface area contributed by atoms with Gasteiger partial charge in [-0.2, -0.15) is 0 Å². The summed E-state index contributed by atoms with van der Waals surface area (Å²) in [4.78, 5) is 15.1. The Kier molecular flexibility index (Phi) is 4.07. The minimum absolute atomic E-state index is 0.0862. The number of nitrogens with one attached hydrogen (secondary N) is 1. The molecule has 1 amide bonds. The highest BCUT2D eigenvalue weighted by Crippen LogP contribution is 2.45. The van der Waals surface area contributed by atoms with E-state index >= 15 is 0 Å². The summed E-state index contributed by atoms with van der Waals surface area (Å²) in [5.74, 6) is 0.440. The molecule has 3 heteroatoms. The number of likely N-dealkylation sites (tertiary alicyclic amines) is 1. The predicted octanol–water partition coefficient (Wildman–Crippen LogP) is 2.95. The first-order valence-electron chi connectivity index (χ1n) is 8.70. The van der Waals surface area contributed by atoms with Gasteiger partial charge in [-0.3, -0.25) is 4.79 Å². The van der Waals surface area contributed by atoms with Crippen LogP contribution in [0.2, 0.25) is 0 Å². The molecule has 0 aromatic carbocycles. The highest BCUT2D eigenvalue weighted by molar-refractivity contribution is 5.83. The smallest absolute Gasteiger partial charge is 0.230 e. The molecule has 2 saturated heterocycles. The van der Waals surface area contributed by atoms with E-state index in [2.05, 4.69) is 17.1 Å². The number of hydrogen-bond donors (Lipinski definition) is 1. The van der Waals surface area contributed by atoms with Gasteiger partial charge < -0.3 is 10.2 Å². The minimum atomic E-state index is -0.0862. The summed E-state index contributed by atoms with van der Waals surface area (Å²) >= 11 is 0. The van der Waals surface area contributed by atoms with Crippen molar-refractivity contribution in [3.8, 4) is 0 Å². The van der Waals surface area contributed by atoms with E-state index in [-0.39, 0.29) is 5.41 Å². The second kappa shape index (κ2) is 5.67. The molecule has 0 radical (unpaired) electrons. The Hall–Kier alpha value is -0.570. The normalized spacial score (nSPS) is 33.5. The molecule has 0 bridgehead atoms. The zero-order chi connectivity index (χ0) is 14.1. The first-order valence-corrected chi connectivity index (χ1v) is 8.70. The molecule has 114 valence electrons. The molecular formula is C17H30N2O. The van der Waals surface area contributed by atoms with Crippen molar-refractivity contribution >= 4 is 5.91 Å². The third-order valence-electron chi connectivity index (χ3n) is 6.40. The summed E-state index contributed by atoms with van der Waals surface area (Å²) in [5.41, 5.74) is 0.513. The van der Waals surface area contributed by atoms with E-state index in [1.165, 1.54) is 44.9 Å². The SMILES string of the molecule is CCC1(C(=O)N2CCC3(CCCCC3)CC2)CCNC1. The average Bonchev–Trinajstić information content (AvgIpc) is 2.98. The summed E-state index contributed by atoms with van der Waals surface area (Å²) in [6.07, 6.45) is 11.6. The molecule has 1 spiro atoms. The third kappa shape index (κ3) is 2.49. The molecule has 3 nitrogen and oxygen atoms in total. The number of carbonyl (C=O) groups is 1. The van der Waals surface area contributed by atoms with Crippen LogP contribution in [-0.2, 0) is 4.79 Å². The fourth-order valence-corrected chi connectivity index (χ4v) is 4.70. The molecule has 1 aliphatic carbocycles. The highest BCUT2D eigenvalue weighted by Gasteiger charge is 2.44. The molecule has 3 rings (SSSR count). The van der Waals surface area contributed by atoms with E-state index in [9.17, 15) is 4.79 Å². The predicted molar refractivity (Wildman–Crippen MR) is 81.5 cm³/mol. The van der Waals surface area contributed by atoms with Crippen LogP contribution in [0.1, 0.15) is 64.7 Å². The van der Waals surface area contributed by atoms with Crippen LogP contribution < -0.4 is 5.32 Å². The van der Waals surface area contributed by atoms with Crippen LogP contribution in [0.5, 0.6) is 0 Å². The van der Waals surface area contributed by atoms with Crippen molar-refractivity contribution in [3.63, 3.8) is 0 Å². The average molecular weight is 278 g/mol. The Morgan fingerprint density at radius 1 is 1.05 bits per heavy atom. The van der Waals surface area contributed by atoms with Crippen molar-refractivity contribution in [2.75, 3.05) is 26.2 Å². The van der Waals surface area contributed by atoms with Crippen molar-refractivity contribution in [2.24, 2.45) is 10.8 Å². The number of nitrogens with zero attached hydrogens (tertiary/aromatic N) is 1. The molecule has 3 fully saturated rings. The molecular weight excluding hydrogens is 248 g/mol. The molecule has 1 atom stereocenters. The Labute approximate surface area is 123 Å². The Bertz CT molecular complexity index is 344. The topological polar surface area (TPSA) is 32.3 Å². The van der Waals surface area contributed by atoms with Gasteiger partial charge in [-0.25, -0.2) is 0 Å². The molecule has 1 saturated carbocycles. The standard InChI is InChI=1S/C17H30N2O/c1-2-17(8-11-18-14-17)15(20)19-12-9-16(10-13-19)6-4-3-5-7-16/h18H,2-14H2,1H3. The van der Waals surface area contributed by atoms with Gasteiger partial charge in [0.25, 0.3) is 0 Å². The summed E-state index contributed by atoms with van der Waals surface area (Å²) in [6.45, 7) is 6.11. The van der Waals surface area contributed by atoms with Gasteiger partial charge in [-0.1, -0.05) is 26.2 Å². The largest absolute Gasteiger partial charge is 0.342 e. The van der Waals surface area contributed by atoms with Gasteiger partial charge in [-0.15, -0.1) is 0 Å². The fraction of sp³-hybridized carbons (Fsp3) is 0.941. The Morgan fingerprint density at radius 3 is 2.30 bits per heavy atom.